The van der Waals surface area contributed by atoms with Crippen molar-refractivity contribution in [3.8, 4) is 0 Å². The van der Waals surface area contributed by atoms with Crippen LogP contribution in [0.15, 0.2) is 42.5 Å². The van der Waals surface area contributed by atoms with Crippen molar-refractivity contribution in [1.29, 1.82) is 0 Å². The van der Waals surface area contributed by atoms with Gasteiger partial charge in [0.2, 0.25) is 5.91 Å². The van der Waals surface area contributed by atoms with E-state index in [0.717, 1.165) is 23.1 Å². The molecule has 1 aliphatic heterocycles. The lowest BCUT2D eigenvalue weighted by Gasteiger charge is -2.15. The largest absolute Gasteiger partial charge is 0.449 e. The molecule has 0 aromatic heterocycles. The van der Waals surface area contributed by atoms with Gasteiger partial charge in [-0.1, -0.05) is 18.2 Å². The van der Waals surface area contributed by atoms with E-state index >= 15 is 0 Å². The van der Waals surface area contributed by atoms with Crippen LogP contribution < -0.4 is 10.6 Å². The number of amides is 4. The molecule has 1 atom stereocenters. The lowest BCUT2D eigenvalue weighted by Crippen LogP contribution is -2.31. The minimum atomic E-state index is -1.34. The zero-order valence-electron chi connectivity index (χ0n) is 15.8. The van der Waals surface area contributed by atoms with Crippen LogP contribution in [0.4, 0.5) is 19.3 Å². The smallest absolute Gasteiger partial charge is 0.338 e. The fourth-order valence-corrected chi connectivity index (χ4v) is 2.72. The highest BCUT2D eigenvalue weighted by molar-refractivity contribution is 6.02. The van der Waals surface area contributed by atoms with Gasteiger partial charge >= 0.3 is 12.0 Å². The normalized spacial score (nSPS) is 14.3. The predicted molar refractivity (Wildman–Crippen MR) is 100 cm³/mol. The number of urea groups is 1. The van der Waals surface area contributed by atoms with Gasteiger partial charge in [-0.3, -0.25) is 14.5 Å². The van der Waals surface area contributed by atoms with Gasteiger partial charge < -0.3 is 15.4 Å². The van der Waals surface area contributed by atoms with Crippen molar-refractivity contribution in [1.82, 2.24) is 10.2 Å². The Labute approximate surface area is 169 Å². The van der Waals surface area contributed by atoms with Crippen molar-refractivity contribution in [3.63, 3.8) is 0 Å². The van der Waals surface area contributed by atoms with Crippen molar-refractivity contribution in [2.45, 2.75) is 19.6 Å². The third kappa shape index (κ3) is 4.59. The lowest BCUT2D eigenvalue weighted by atomic mass is 10.1. The predicted octanol–water partition coefficient (Wildman–Crippen LogP) is 2.20. The molecular weight excluding hydrogens is 400 g/mol. The average molecular weight is 417 g/mol. The highest BCUT2D eigenvalue weighted by Crippen LogP contribution is 2.19. The number of hydrogen-bond donors (Lipinski definition) is 2. The summed E-state index contributed by atoms with van der Waals surface area (Å²) in [6, 6.07) is 8.57. The first-order valence-corrected chi connectivity index (χ1v) is 8.89. The summed E-state index contributed by atoms with van der Waals surface area (Å²) in [6.07, 6.45) is -1.34. The van der Waals surface area contributed by atoms with Gasteiger partial charge in [-0.15, -0.1) is 0 Å². The number of nitrogens with zero attached hydrogens (tertiary/aromatic N) is 1. The Morgan fingerprint density at radius 1 is 1.17 bits per heavy atom. The van der Waals surface area contributed by atoms with Crippen molar-refractivity contribution < 1.29 is 32.7 Å². The Bertz CT molecular complexity index is 991. The number of hydrogen-bond acceptors (Lipinski definition) is 5. The molecule has 2 aromatic rings. The Kier molecular flexibility index (Phi) is 6.05. The Hall–Kier alpha value is -3.82. The maximum Gasteiger partial charge on any atom is 0.338 e. The number of para-hydroxylation sites is 1. The van der Waals surface area contributed by atoms with Crippen LogP contribution in [0.5, 0.6) is 0 Å². The van der Waals surface area contributed by atoms with Crippen LogP contribution in [-0.4, -0.2) is 41.4 Å². The Balaban J connectivity index is 1.64. The molecule has 0 saturated carbocycles. The van der Waals surface area contributed by atoms with E-state index in [4.69, 9.17) is 4.74 Å². The van der Waals surface area contributed by atoms with Crippen molar-refractivity contribution >= 4 is 29.5 Å². The summed E-state index contributed by atoms with van der Waals surface area (Å²) in [7, 11) is 0. The first-order chi connectivity index (χ1) is 14.3. The standard InChI is InChI=1S/C20H17F2N3O5/c1-11(18(27)24-17-14(21)6-3-7-15(17)22)30-19(28)13-5-2-4-12(8-13)10-25-16(26)9-23-20(25)29/h2-8,11H,9-10H2,1H3,(H,23,29)(H,24,27). The number of esters is 1. The minimum Gasteiger partial charge on any atom is -0.449 e. The van der Waals surface area contributed by atoms with Crippen molar-refractivity contribution in [2.24, 2.45) is 0 Å². The average Bonchev–Trinajstić information content (AvgIpc) is 3.03. The topological polar surface area (TPSA) is 105 Å². The van der Waals surface area contributed by atoms with Crippen LogP contribution in [0.25, 0.3) is 0 Å². The van der Waals surface area contributed by atoms with Gasteiger partial charge in [-0.2, -0.15) is 0 Å². The van der Waals surface area contributed by atoms with Crippen molar-refractivity contribution in [3.05, 3.63) is 65.2 Å². The van der Waals surface area contributed by atoms with E-state index in [0.29, 0.717) is 5.56 Å². The molecule has 30 heavy (non-hydrogen) atoms. The molecule has 3 rings (SSSR count). The fraction of sp³-hybridized carbons (Fsp3) is 0.200. The number of carbonyl (C=O) groups excluding carboxylic acids is 4. The molecule has 10 heteroatoms. The molecule has 1 heterocycles. The molecule has 1 aliphatic rings. The molecule has 2 aromatic carbocycles. The molecule has 1 unspecified atom stereocenters. The Morgan fingerprint density at radius 3 is 2.47 bits per heavy atom. The summed E-state index contributed by atoms with van der Waals surface area (Å²) in [5.74, 6) is -4.09. The SMILES string of the molecule is CC(OC(=O)c1cccc(CN2C(=O)CNC2=O)c1)C(=O)Nc1c(F)cccc1F. The van der Waals surface area contributed by atoms with Gasteiger partial charge in [0.15, 0.2) is 6.10 Å². The molecule has 8 nitrogen and oxygen atoms in total. The molecule has 1 fully saturated rings. The van der Waals surface area contributed by atoms with Gasteiger partial charge in [0, 0.05) is 0 Å². The molecule has 1 saturated heterocycles. The molecule has 0 aliphatic carbocycles. The number of imide groups is 1. The molecule has 156 valence electrons. The first kappa shape index (κ1) is 20.9. The summed E-state index contributed by atoms with van der Waals surface area (Å²) in [6.45, 7) is 1.13. The summed E-state index contributed by atoms with van der Waals surface area (Å²) in [5, 5.41) is 4.44. The number of nitrogens with one attached hydrogen (secondary N) is 2. The second kappa shape index (κ2) is 8.68. The van der Waals surface area contributed by atoms with E-state index in [9.17, 15) is 28.0 Å². The third-order valence-corrected chi connectivity index (χ3v) is 4.30. The molecule has 4 amide bonds. The highest BCUT2D eigenvalue weighted by atomic mass is 19.1. The molecular formula is C20H17F2N3O5. The maximum absolute atomic E-state index is 13.6. The van der Waals surface area contributed by atoms with Gasteiger partial charge in [0.1, 0.15) is 17.3 Å². The highest BCUT2D eigenvalue weighted by Gasteiger charge is 2.28. The third-order valence-electron chi connectivity index (χ3n) is 4.30. The van der Waals surface area contributed by atoms with E-state index in [1.807, 2.05) is 5.32 Å². The molecule has 2 N–H and O–H groups in total. The second-order valence-electron chi connectivity index (χ2n) is 6.47. The number of halogens is 2. The summed E-state index contributed by atoms with van der Waals surface area (Å²) < 4.78 is 32.4. The quantitative estimate of drug-likeness (QED) is 0.554. The Morgan fingerprint density at radius 2 is 1.83 bits per heavy atom. The van der Waals surface area contributed by atoms with E-state index in [2.05, 4.69) is 5.32 Å². The van der Waals surface area contributed by atoms with E-state index in [-0.39, 0.29) is 18.7 Å². The maximum atomic E-state index is 13.6. The molecule has 0 spiro atoms. The monoisotopic (exact) mass is 417 g/mol. The summed E-state index contributed by atoms with van der Waals surface area (Å²) >= 11 is 0. The van der Waals surface area contributed by atoms with Gasteiger partial charge in [0.05, 0.1) is 18.7 Å². The fourth-order valence-electron chi connectivity index (χ4n) is 2.72. The zero-order chi connectivity index (χ0) is 21.8. The van der Waals surface area contributed by atoms with E-state index in [1.54, 1.807) is 6.07 Å². The number of benzene rings is 2. The number of rotatable bonds is 6. The van der Waals surface area contributed by atoms with Crippen molar-refractivity contribution in [2.75, 3.05) is 11.9 Å². The van der Waals surface area contributed by atoms with Gasteiger partial charge in [-0.05, 0) is 36.8 Å². The zero-order valence-corrected chi connectivity index (χ0v) is 15.8. The van der Waals surface area contributed by atoms with Crippen LogP contribution >= 0.6 is 0 Å². The van der Waals surface area contributed by atoms with Crippen LogP contribution in [-0.2, 0) is 20.9 Å². The minimum absolute atomic E-state index is 0.0333. The number of carbonyl (C=O) groups is 4. The van der Waals surface area contributed by atoms with E-state index < -0.39 is 47.2 Å². The van der Waals surface area contributed by atoms with Crippen LogP contribution in [0.2, 0.25) is 0 Å². The van der Waals surface area contributed by atoms with E-state index in [1.165, 1.54) is 25.1 Å². The molecule has 0 bridgehead atoms. The van der Waals surface area contributed by atoms with Crippen LogP contribution in [0, 0.1) is 11.6 Å². The first-order valence-electron chi connectivity index (χ1n) is 8.89. The number of anilines is 1. The molecule has 0 radical (unpaired) electrons. The summed E-state index contributed by atoms with van der Waals surface area (Å²) in [5.41, 5.74) is -0.0578. The number of ether oxygens (including phenoxy) is 1. The van der Waals surface area contributed by atoms with Crippen LogP contribution in [0.1, 0.15) is 22.8 Å². The lowest BCUT2D eigenvalue weighted by molar-refractivity contribution is -0.125. The van der Waals surface area contributed by atoms with Gasteiger partial charge in [0.25, 0.3) is 5.91 Å². The van der Waals surface area contributed by atoms with Gasteiger partial charge in [-0.25, -0.2) is 18.4 Å². The van der Waals surface area contributed by atoms with Crippen LogP contribution in [0.3, 0.4) is 0 Å². The second-order valence-corrected chi connectivity index (χ2v) is 6.47. The summed E-state index contributed by atoms with van der Waals surface area (Å²) in [4.78, 5) is 48.8.